The van der Waals surface area contributed by atoms with Gasteiger partial charge in [0.1, 0.15) is 0 Å². The summed E-state index contributed by atoms with van der Waals surface area (Å²) in [7, 11) is 1.49. The van der Waals surface area contributed by atoms with Crippen molar-refractivity contribution in [1.29, 1.82) is 0 Å². The molecule has 0 spiro atoms. The van der Waals surface area contributed by atoms with Gasteiger partial charge in [0.2, 0.25) is 0 Å². The summed E-state index contributed by atoms with van der Waals surface area (Å²) in [6, 6.07) is 0. The van der Waals surface area contributed by atoms with Gasteiger partial charge < -0.3 is 4.74 Å². The van der Waals surface area contributed by atoms with Gasteiger partial charge in [0.05, 0.1) is 18.9 Å². The fraction of sp³-hybridized carbons (Fsp3) is 0.286. The first-order valence-corrected chi connectivity index (χ1v) is 2.58. The minimum absolute atomic E-state index is 0.0353. The van der Waals surface area contributed by atoms with Gasteiger partial charge in [0.15, 0.2) is 5.78 Å². The molecule has 2 nitrogen and oxygen atoms in total. The molecule has 0 atom stereocenters. The molecule has 0 heterocycles. The van der Waals surface area contributed by atoms with Crippen LogP contribution in [-0.4, -0.2) is 12.9 Å². The highest BCUT2D eigenvalue weighted by atomic mass is 16.5. The summed E-state index contributed by atoms with van der Waals surface area (Å²) < 4.78 is 4.60. The number of hydrogen-bond acceptors (Lipinski definition) is 2. The predicted molar refractivity (Wildman–Crippen MR) is 36.0 cm³/mol. The maximum atomic E-state index is 10.5. The molecule has 0 rings (SSSR count). The summed E-state index contributed by atoms with van der Waals surface area (Å²) in [5, 5.41) is 0. The van der Waals surface area contributed by atoms with Crippen LogP contribution in [0.5, 0.6) is 0 Å². The molecule has 0 fully saturated rings. The van der Waals surface area contributed by atoms with Crippen molar-refractivity contribution in [3.8, 4) is 0 Å². The highest BCUT2D eigenvalue weighted by Crippen LogP contribution is 1.95. The van der Waals surface area contributed by atoms with E-state index in [9.17, 15) is 4.79 Å². The number of rotatable bonds is 3. The normalized spacial score (nSPS) is 10.7. The molecule has 0 aromatic carbocycles. The lowest BCUT2D eigenvalue weighted by Crippen LogP contribution is -1.92. The fourth-order valence-electron chi connectivity index (χ4n) is 0.402. The van der Waals surface area contributed by atoms with E-state index in [0.29, 0.717) is 5.57 Å². The van der Waals surface area contributed by atoms with Gasteiger partial charge in [-0.25, -0.2) is 0 Å². The van der Waals surface area contributed by atoms with Crippen molar-refractivity contribution in [2.24, 2.45) is 0 Å². The van der Waals surface area contributed by atoms with Crippen molar-refractivity contribution >= 4 is 5.78 Å². The van der Waals surface area contributed by atoms with E-state index in [1.54, 1.807) is 0 Å². The Hall–Kier alpha value is -1.05. The predicted octanol–water partition coefficient (Wildman–Crippen LogP) is 1.29. The van der Waals surface area contributed by atoms with Crippen LogP contribution in [0.15, 0.2) is 24.5 Å². The third kappa shape index (κ3) is 2.69. The van der Waals surface area contributed by atoms with E-state index in [1.807, 2.05) is 0 Å². The number of allylic oxidation sites excluding steroid dienone is 2. The molecule has 2 heteroatoms. The van der Waals surface area contributed by atoms with Gasteiger partial charge in [-0.2, -0.15) is 0 Å². The molecular formula is C7H10O2. The van der Waals surface area contributed by atoms with Crippen LogP contribution in [0.25, 0.3) is 0 Å². The molecule has 0 saturated heterocycles. The summed E-state index contributed by atoms with van der Waals surface area (Å²) in [5.74, 6) is -0.0353. The number of ether oxygens (including phenoxy) is 1. The van der Waals surface area contributed by atoms with Crippen LogP contribution in [0.1, 0.15) is 6.92 Å². The van der Waals surface area contributed by atoms with Crippen LogP contribution >= 0.6 is 0 Å². The van der Waals surface area contributed by atoms with Gasteiger partial charge in [0.25, 0.3) is 0 Å². The van der Waals surface area contributed by atoms with Crippen molar-refractivity contribution in [2.45, 2.75) is 6.92 Å². The molecule has 0 N–H and O–H groups in total. The molecule has 50 valence electrons. The van der Waals surface area contributed by atoms with Gasteiger partial charge in [-0.05, 0) is 6.92 Å². The first-order valence-electron chi connectivity index (χ1n) is 2.58. The number of carbonyl (C=O) groups excluding carboxylic acids is 1. The molecule has 9 heavy (non-hydrogen) atoms. The molecule has 0 radical (unpaired) electrons. The topological polar surface area (TPSA) is 26.3 Å². The highest BCUT2D eigenvalue weighted by Gasteiger charge is 1.95. The van der Waals surface area contributed by atoms with Gasteiger partial charge in [0, 0.05) is 0 Å². The van der Waals surface area contributed by atoms with Gasteiger partial charge in [-0.3, -0.25) is 4.79 Å². The Morgan fingerprint density at radius 1 is 1.67 bits per heavy atom. The molecule has 0 aliphatic carbocycles. The lowest BCUT2D eigenvalue weighted by molar-refractivity contribution is -0.113. The van der Waals surface area contributed by atoms with Crippen molar-refractivity contribution in [2.75, 3.05) is 7.11 Å². The van der Waals surface area contributed by atoms with Gasteiger partial charge in [-0.1, -0.05) is 12.7 Å². The largest absolute Gasteiger partial charge is 0.504 e. The maximum absolute atomic E-state index is 10.5. The van der Waals surface area contributed by atoms with Crippen LogP contribution < -0.4 is 0 Å². The number of hydrogen-bond donors (Lipinski definition) is 0. The number of Topliss-reactive ketones (excluding diaryl/α,β-unsaturated/α-hetero) is 1. The van der Waals surface area contributed by atoms with Crippen molar-refractivity contribution in [3.63, 3.8) is 0 Å². The highest BCUT2D eigenvalue weighted by molar-refractivity contribution is 5.95. The Morgan fingerprint density at radius 3 is 2.33 bits per heavy atom. The van der Waals surface area contributed by atoms with Crippen LogP contribution in [-0.2, 0) is 9.53 Å². The quantitative estimate of drug-likeness (QED) is 0.323. The minimum atomic E-state index is -0.0353. The lowest BCUT2D eigenvalue weighted by atomic mass is 10.2. The molecule has 0 unspecified atom stereocenters. The van der Waals surface area contributed by atoms with E-state index in [4.69, 9.17) is 0 Å². The van der Waals surface area contributed by atoms with Crippen molar-refractivity contribution < 1.29 is 9.53 Å². The van der Waals surface area contributed by atoms with E-state index in [2.05, 4.69) is 11.3 Å². The first-order chi connectivity index (χ1) is 4.22. The molecule has 0 aliphatic rings. The molecule has 0 saturated carbocycles. The van der Waals surface area contributed by atoms with Crippen molar-refractivity contribution in [3.05, 3.63) is 24.5 Å². The standard InChI is InChI=1S/C7H10O2/c1-4-7(5-9-3)6(2)8/h4-5H,1H2,2-3H3/b7-5+. The molecule has 0 amide bonds. The Bertz CT molecular complexity index is 145. The van der Waals surface area contributed by atoms with E-state index < -0.39 is 0 Å². The minimum Gasteiger partial charge on any atom is -0.504 e. The summed E-state index contributed by atoms with van der Waals surface area (Å²) in [4.78, 5) is 10.5. The number of ketones is 1. The van der Waals surface area contributed by atoms with E-state index in [-0.39, 0.29) is 5.78 Å². The molecule has 0 aromatic rings. The first kappa shape index (κ1) is 7.95. The average molecular weight is 126 g/mol. The summed E-state index contributed by atoms with van der Waals surface area (Å²) in [5.41, 5.74) is 0.498. The third-order valence-corrected chi connectivity index (χ3v) is 0.871. The zero-order chi connectivity index (χ0) is 7.28. The molecular weight excluding hydrogens is 116 g/mol. The van der Waals surface area contributed by atoms with Crippen LogP contribution in [0.3, 0.4) is 0 Å². The third-order valence-electron chi connectivity index (χ3n) is 0.871. The molecule has 0 bridgehead atoms. The number of methoxy groups -OCH3 is 1. The fourth-order valence-corrected chi connectivity index (χ4v) is 0.402. The second kappa shape index (κ2) is 3.89. The summed E-state index contributed by atoms with van der Waals surface area (Å²) in [6.45, 7) is 4.90. The summed E-state index contributed by atoms with van der Waals surface area (Å²) >= 11 is 0. The Balaban J connectivity index is 4.14. The summed E-state index contributed by atoms with van der Waals surface area (Å²) in [6.07, 6.45) is 2.83. The SMILES string of the molecule is C=C/C(=C\OC)C(C)=O. The van der Waals surface area contributed by atoms with E-state index in [1.165, 1.54) is 26.4 Å². The number of carbonyl (C=O) groups is 1. The van der Waals surface area contributed by atoms with E-state index >= 15 is 0 Å². The molecule has 0 aliphatic heterocycles. The zero-order valence-electron chi connectivity index (χ0n) is 5.68. The second-order valence-electron chi connectivity index (χ2n) is 1.57. The molecule has 0 aromatic heterocycles. The van der Waals surface area contributed by atoms with Gasteiger partial charge >= 0.3 is 0 Å². The Morgan fingerprint density at radius 2 is 2.22 bits per heavy atom. The van der Waals surface area contributed by atoms with E-state index in [0.717, 1.165) is 0 Å². The second-order valence-corrected chi connectivity index (χ2v) is 1.57. The smallest absolute Gasteiger partial charge is 0.162 e. The van der Waals surface area contributed by atoms with Crippen molar-refractivity contribution in [1.82, 2.24) is 0 Å². The van der Waals surface area contributed by atoms with Crippen LogP contribution in [0.4, 0.5) is 0 Å². The zero-order valence-corrected chi connectivity index (χ0v) is 5.68. The Kier molecular flexibility index (Phi) is 3.44. The van der Waals surface area contributed by atoms with Gasteiger partial charge in [-0.15, -0.1) is 0 Å². The monoisotopic (exact) mass is 126 g/mol. The Labute approximate surface area is 54.8 Å². The lowest BCUT2D eigenvalue weighted by Gasteiger charge is -1.92. The van der Waals surface area contributed by atoms with Crippen LogP contribution in [0.2, 0.25) is 0 Å². The maximum Gasteiger partial charge on any atom is 0.162 e. The average Bonchev–Trinajstić information content (AvgIpc) is 1.82. The van der Waals surface area contributed by atoms with Crippen LogP contribution in [0, 0.1) is 0 Å².